The van der Waals surface area contributed by atoms with E-state index in [-0.39, 0.29) is 35.7 Å². The fourth-order valence-electron chi connectivity index (χ4n) is 6.19. The van der Waals surface area contributed by atoms with Gasteiger partial charge in [-0.3, -0.25) is 14.6 Å². The Morgan fingerprint density at radius 1 is 1.24 bits per heavy atom. The number of halogens is 1. The first kappa shape index (κ1) is 28.2. The predicted octanol–water partition coefficient (Wildman–Crippen LogP) is 4.39. The third kappa shape index (κ3) is 6.11. The number of ketones is 1. The summed E-state index contributed by atoms with van der Waals surface area (Å²) >= 11 is 6.72. The van der Waals surface area contributed by atoms with Crippen LogP contribution in [0.4, 0.5) is 0 Å². The number of fused-ring (bicyclic) bond motifs is 1. The molecule has 204 valence electrons. The zero-order valence-electron chi connectivity index (χ0n) is 22.2. The number of amides is 1. The van der Waals surface area contributed by atoms with Crippen LogP contribution in [0.25, 0.3) is 6.08 Å². The smallest absolute Gasteiger partial charge is 0.223 e. The van der Waals surface area contributed by atoms with Crippen molar-refractivity contribution in [2.75, 3.05) is 0 Å². The number of aliphatic hydroxyl groups excluding tert-OH is 2. The molecule has 7 nitrogen and oxygen atoms in total. The van der Waals surface area contributed by atoms with Crippen molar-refractivity contribution in [1.29, 1.82) is 0 Å². The first-order chi connectivity index (χ1) is 17.6. The Morgan fingerprint density at radius 3 is 2.62 bits per heavy atom. The number of aliphatic hydroxyl groups is 2. The summed E-state index contributed by atoms with van der Waals surface area (Å²) in [7, 11) is 0. The van der Waals surface area contributed by atoms with Gasteiger partial charge in [-0.15, -0.1) is 0 Å². The van der Waals surface area contributed by atoms with Gasteiger partial charge in [0.05, 0.1) is 47.5 Å². The number of pyridine rings is 1. The number of carbonyl (C=O) groups excluding carboxylic acids is 2. The number of carbonyl (C=O) groups is 2. The average Bonchev–Trinajstić information content (AvgIpc) is 3.46. The third-order valence-corrected chi connectivity index (χ3v) is 9.36. The van der Waals surface area contributed by atoms with Crippen LogP contribution in [0.1, 0.15) is 84.3 Å². The fourth-order valence-corrected chi connectivity index (χ4v) is 6.44. The van der Waals surface area contributed by atoms with Gasteiger partial charge in [0.25, 0.3) is 0 Å². The quantitative estimate of drug-likeness (QED) is 0.498. The number of aromatic nitrogens is 1. The first-order valence-corrected chi connectivity index (χ1v) is 14.1. The molecule has 2 aliphatic heterocycles. The van der Waals surface area contributed by atoms with Crippen molar-refractivity contribution in [2.24, 2.45) is 17.3 Å². The largest absolute Gasteiger partial charge is 0.392 e. The molecule has 7 atom stereocenters. The summed E-state index contributed by atoms with van der Waals surface area (Å²) in [4.78, 5) is 31.2. The maximum Gasteiger partial charge on any atom is 0.223 e. The lowest BCUT2D eigenvalue weighted by molar-refractivity contribution is -0.155. The van der Waals surface area contributed by atoms with Gasteiger partial charge < -0.3 is 20.3 Å². The summed E-state index contributed by atoms with van der Waals surface area (Å²) in [6.07, 6.45) is 6.66. The molecule has 3 N–H and O–H groups in total. The standard InChI is InChI=1S/C29H41ClN2O5/c1-4-20-26(35)18(2)9-7-11-28(3)24(37-28)16-22(21(30)15-19-10-5-6-14-31-19)32-25(34)17-23(33)29(27(20)36)12-8-13-29/h5-6,10,14-15,18,20,22-24,26,33,35H,4,7-9,11-13,16-17H2,1-3H3,(H,32,34)/t18?,20-,22+,23+,24?,26+,28?/m1/s1. The van der Waals surface area contributed by atoms with E-state index in [1.54, 1.807) is 12.3 Å². The molecule has 1 aromatic heterocycles. The molecule has 0 aromatic carbocycles. The van der Waals surface area contributed by atoms with E-state index in [2.05, 4.69) is 17.2 Å². The molecule has 1 amide bonds. The Balaban J connectivity index is 1.60. The number of epoxide rings is 1. The van der Waals surface area contributed by atoms with Crippen LogP contribution >= 0.6 is 11.6 Å². The molecule has 3 unspecified atom stereocenters. The van der Waals surface area contributed by atoms with Crippen molar-refractivity contribution in [3.05, 3.63) is 35.1 Å². The summed E-state index contributed by atoms with van der Waals surface area (Å²) < 4.78 is 6.08. The summed E-state index contributed by atoms with van der Waals surface area (Å²) in [6.45, 7) is 5.97. The number of Topliss-reactive ketones (excluding diaryl/α,β-unsaturated/α-hetero) is 1. The second-order valence-corrected chi connectivity index (χ2v) is 12.0. The van der Waals surface area contributed by atoms with E-state index in [1.165, 1.54) is 0 Å². The van der Waals surface area contributed by atoms with Crippen LogP contribution < -0.4 is 5.32 Å². The minimum Gasteiger partial charge on any atom is -0.392 e. The molecule has 3 heterocycles. The molecule has 3 fully saturated rings. The fraction of sp³-hybridized carbons (Fsp3) is 0.690. The topological polar surface area (TPSA) is 112 Å². The molecule has 2 saturated heterocycles. The predicted molar refractivity (Wildman–Crippen MR) is 143 cm³/mol. The van der Waals surface area contributed by atoms with Crippen LogP contribution in [0.5, 0.6) is 0 Å². The van der Waals surface area contributed by atoms with Crippen molar-refractivity contribution in [3.8, 4) is 0 Å². The Labute approximate surface area is 225 Å². The second kappa shape index (κ2) is 11.5. The number of nitrogens with zero attached hydrogens (tertiary/aromatic N) is 1. The molecule has 1 spiro atoms. The summed E-state index contributed by atoms with van der Waals surface area (Å²) in [5.41, 5.74) is -0.607. The van der Waals surface area contributed by atoms with Gasteiger partial charge in [-0.2, -0.15) is 0 Å². The number of rotatable bonds is 3. The van der Waals surface area contributed by atoms with E-state index in [1.807, 2.05) is 32.0 Å². The van der Waals surface area contributed by atoms with Gasteiger partial charge in [-0.05, 0) is 63.2 Å². The monoisotopic (exact) mass is 532 g/mol. The molecule has 1 aliphatic carbocycles. The van der Waals surface area contributed by atoms with E-state index < -0.39 is 29.6 Å². The number of ether oxygens (including phenoxy) is 1. The summed E-state index contributed by atoms with van der Waals surface area (Å²) in [5, 5.41) is 25.8. The Bertz CT molecular complexity index is 997. The maximum absolute atomic E-state index is 13.7. The maximum atomic E-state index is 13.7. The van der Waals surface area contributed by atoms with Crippen LogP contribution in [0, 0.1) is 17.3 Å². The molecule has 0 bridgehead atoms. The highest BCUT2D eigenvalue weighted by atomic mass is 35.5. The molecule has 8 heteroatoms. The lowest BCUT2D eigenvalue weighted by Gasteiger charge is -2.46. The first-order valence-electron chi connectivity index (χ1n) is 13.8. The second-order valence-electron chi connectivity index (χ2n) is 11.5. The van der Waals surface area contributed by atoms with Crippen molar-refractivity contribution in [1.82, 2.24) is 10.3 Å². The van der Waals surface area contributed by atoms with Gasteiger partial charge in [-0.1, -0.05) is 44.4 Å². The Kier molecular flexibility index (Phi) is 8.79. The highest BCUT2D eigenvalue weighted by Gasteiger charge is 2.54. The molecule has 37 heavy (non-hydrogen) atoms. The minimum atomic E-state index is -1.11. The van der Waals surface area contributed by atoms with Gasteiger partial charge >= 0.3 is 0 Å². The molecule has 1 saturated carbocycles. The van der Waals surface area contributed by atoms with Crippen molar-refractivity contribution in [2.45, 2.75) is 109 Å². The highest BCUT2D eigenvalue weighted by Crippen LogP contribution is 2.49. The zero-order valence-corrected chi connectivity index (χ0v) is 22.9. The van der Waals surface area contributed by atoms with Gasteiger partial charge in [0.1, 0.15) is 5.78 Å². The van der Waals surface area contributed by atoms with Crippen LogP contribution in [0.2, 0.25) is 0 Å². The SMILES string of the molecule is CC[C@H]1C(=O)C2(CCC2)[C@@H](O)CC(=O)N[C@H](C(Cl)=Cc2ccccn2)CC2OC2(C)CCCC(C)[C@@H]1O. The zero-order chi connectivity index (χ0) is 26.8. The van der Waals surface area contributed by atoms with Gasteiger partial charge in [0.15, 0.2) is 0 Å². The lowest BCUT2D eigenvalue weighted by Crippen LogP contribution is -2.54. The van der Waals surface area contributed by atoms with E-state index in [0.717, 1.165) is 25.7 Å². The normalized spacial score (nSPS) is 37.4. The molecule has 0 radical (unpaired) electrons. The van der Waals surface area contributed by atoms with E-state index in [4.69, 9.17) is 16.3 Å². The highest BCUT2D eigenvalue weighted by molar-refractivity contribution is 6.32. The van der Waals surface area contributed by atoms with Crippen LogP contribution in [0.3, 0.4) is 0 Å². The summed E-state index contributed by atoms with van der Waals surface area (Å²) in [6, 6.07) is 5.03. The summed E-state index contributed by atoms with van der Waals surface area (Å²) in [5.74, 6) is -1.07. The molecule has 1 aromatic rings. The van der Waals surface area contributed by atoms with E-state index >= 15 is 0 Å². The molecule has 3 aliphatic rings. The molecule has 4 rings (SSSR count). The van der Waals surface area contributed by atoms with Crippen molar-refractivity contribution >= 4 is 29.4 Å². The van der Waals surface area contributed by atoms with E-state index in [0.29, 0.717) is 36.4 Å². The third-order valence-electron chi connectivity index (χ3n) is 8.98. The van der Waals surface area contributed by atoms with Crippen molar-refractivity contribution < 1.29 is 24.5 Å². The Morgan fingerprint density at radius 2 is 2.00 bits per heavy atom. The number of hydrogen-bond donors (Lipinski definition) is 3. The lowest BCUT2D eigenvalue weighted by atomic mass is 9.58. The minimum absolute atomic E-state index is 0.0522. The van der Waals surface area contributed by atoms with Gasteiger partial charge in [0, 0.05) is 23.6 Å². The Hall–Kier alpha value is -1.80. The van der Waals surface area contributed by atoms with Crippen LogP contribution in [-0.2, 0) is 14.3 Å². The van der Waals surface area contributed by atoms with Crippen molar-refractivity contribution in [3.63, 3.8) is 0 Å². The van der Waals surface area contributed by atoms with Gasteiger partial charge in [-0.25, -0.2) is 0 Å². The van der Waals surface area contributed by atoms with E-state index in [9.17, 15) is 19.8 Å². The van der Waals surface area contributed by atoms with Crippen LogP contribution in [-0.4, -0.2) is 56.8 Å². The molecular weight excluding hydrogens is 492 g/mol. The molecular formula is C29H41ClN2O5. The van der Waals surface area contributed by atoms with Crippen LogP contribution in [0.15, 0.2) is 29.4 Å². The van der Waals surface area contributed by atoms with Gasteiger partial charge in [0.2, 0.25) is 5.91 Å². The average molecular weight is 533 g/mol. The number of hydrogen-bond acceptors (Lipinski definition) is 6. The number of nitrogens with one attached hydrogen (secondary N) is 1.